The molecule has 0 aliphatic rings. The Morgan fingerprint density at radius 2 is 2.38 bits per heavy atom. The number of carbonyl (C=O) groups is 1. The van der Waals surface area contributed by atoms with E-state index in [1.807, 2.05) is 20.0 Å². The number of ketones is 1. The molecule has 16 heavy (non-hydrogen) atoms. The minimum atomic E-state index is -0.00171. The fraction of sp³-hybridized carbons (Fsp3) is 0.333. The number of hydrogen-bond donors (Lipinski definition) is 0. The van der Waals surface area contributed by atoms with Gasteiger partial charge in [0.15, 0.2) is 5.76 Å². The number of aryl methyl sites for hydroxylation is 2. The Bertz CT molecular complexity index is 497. The van der Waals surface area contributed by atoms with Crippen LogP contribution in [0.25, 0.3) is 0 Å². The SMILES string of the molecule is CCn1cc(CC(=O)c2occc2C)cn1. The second kappa shape index (κ2) is 4.35. The molecule has 0 bridgehead atoms. The molecule has 4 nitrogen and oxygen atoms in total. The minimum absolute atomic E-state index is 0.00171. The highest BCUT2D eigenvalue weighted by Gasteiger charge is 2.13. The summed E-state index contributed by atoms with van der Waals surface area (Å²) < 4.78 is 6.96. The lowest BCUT2D eigenvalue weighted by Crippen LogP contribution is -2.03. The third-order valence-corrected chi connectivity index (χ3v) is 2.49. The molecule has 84 valence electrons. The molecule has 0 fully saturated rings. The standard InChI is InChI=1S/C12H14N2O2/c1-3-14-8-10(7-13-14)6-11(15)12-9(2)4-5-16-12/h4-5,7-8H,3,6H2,1-2H3. The van der Waals surface area contributed by atoms with E-state index in [1.54, 1.807) is 16.9 Å². The normalized spacial score (nSPS) is 10.6. The maximum Gasteiger partial charge on any atom is 0.202 e. The summed E-state index contributed by atoms with van der Waals surface area (Å²) in [5.41, 5.74) is 1.80. The number of aromatic nitrogens is 2. The van der Waals surface area contributed by atoms with Crippen molar-refractivity contribution in [3.8, 4) is 0 Å². The lowest BCUT2D eigenvalue weighted by molar-refractivity contribution is 0.0965. The monoisotopic (exact) mass is 218 g/mol. The zero-order chi connectivity index (χ0) is 11.5. The molecule has 0 saturated carbocycles. The van der Waals surface area contributed by atoms with Crippen molar-refractivity contribution in [2.45, 2.75) is 26.8 Å². The molecule has 0 aromatic carbocycles. The van der Waals surface area contributed by atoms with Crippen molar-refractivity contribution >= 4 is 5.78 Å². The van der Waals surface area contributed by atoms with Crippen LogP contribution in [0.5, 0.6) is 0 Å². The van der Waals surface area contributed by atoms with E-state index < -0.39 is 0 Å². The van der Waals surface area contributed by atoms with Gasteiger partial charge in [0.1, 0.15) is 0 Å². The van der Waals surface area contributed by atoms with E-state index in [0.717, 1.165) is 17.7 Å². The summed E-state index contributed by atoms with van der Waals surface area (Å²) in [5, 5.41) is 4.13. The molecule has 0 radical (unpaired) electrons. The maximum atomic E-state index is 11.9. The van der Waals surface area contributed by atoms with Crippen LogP contribution in [0, 0.1) is 6.92 Å². The predicted octanol–water partition coefficient (Wildman–Crippen LogP) is 2.23. The van der Waals surface area contributed by atoms with Crippen molar-refractivity contribution in [1.29, 1.82) is 0 Å². The van der Waals surface area contributed by atoms with E-state index in [0.29, 0.717) is 12.2 Å². The predicted molar refractivity (Wildman–Crippen MR) is 59.4 cm³/mol. The van der Waals surface area contributed by atoms with Crippen molar-refractivity contribution < 1.29 is 9.21 Å². The highest BCUT2D eigenvalue weighted by Crippen LogP contribution is 2.12. The molecular weight excluding hydrogens is 204 g/mol. The van der Waals surface area contributed by atoms with E-state index in [9.17, 15) is 4.79 Å². The van der Waals surface area contributed by atoms with Crippen molar-refractivity contribution in [3.63, 3.8) is 0 Å². The first-order valence-electron chi connectivity index (χ1n) is 5.29. The molecule has 0 atom stereocenters. The Balaban J connectivity index is 2.11. The van der Waals surface area contributed by atoms with E-state index in [-0.39, 0.29) is 5.78 Å². The lowest BCUT2D eigenvalue weighted by atomic mass is 10.1. The van der Waals surface area contributed by atoms with Crippen LogP contribution in [0.3, 0.4) is 0 Å². The fourth-order valence-electron chi connectivity index (χ4n) is 1.59. The Kier molecular flexibility index (Phi) is 2.90. The van der Waals surface area contributed by atoms with Gasteiger partial charge in [-0.1, -0.05) is 0 Å². The van der Waals surface area contributed by atoms with Crippen molar-refractivity contribution in [3.05, 3.63) is 41.6 Å². The molecule has 2 heterocycles. The molecule has 0 saturated heterocycles. The van der Waals surface area contributed by atoms with Gasteiger partial charge in [-0.25, -0.2) is 0 Å². The zero-order valence-corrected chi connectivity index (χ0v) is 9.43. The molecule has 4 heteroatoms. The number of carbonyl (C=O) groups excluding carboxylic acids is 1. The Morgan fingerprint density at radius 3 is 2.94 bits per heavy atom. The summed E-state index contributed by atoms with van der Waals surface area (Å²) >= 11 is 0. The molecular formula is C12H14N2O2. The summed E-state index contributed by atoms with van der Waals surface area (Å²) in [5.74, 6) is 0.447. The quantitative estimate of drug-likeness (QED) is 0.739. The zero-order valence-electron chi connectivity index (χ0n) is 9.43. The van der Waals surface area contributed by atoms with Crippen LogP contribution in [0.4, 0.5) is 0 Å². The van der Waals surface area contributed by atoms with Gasteiger partial charge in [-0.05, 0) is 31.0 Å². The first-order valence-corrected chi connectivity index (χ1v) is 5.29. The van der Waals surface area contributed by atoms with E-state index in [4.69, 9.17) is 4.42 Å². The molecule has 0 aliphatic carbocycles. The van der Waals surface area contributed by atoms with Gasteiger partial charge >= 0.3 is 0 Å². The topological polar surface area (TPSA) is 48.0 Å². The van der Waals surface area contributed by atoms with Gasteiger partial charge < -0.3 is 4.42 Å². The van der Waals surface area contributed by atoms with Crippen LogP contribution < -0.4 is 0 Å². The molecule has 2 aromatic rings. The lowest BCUT2D eigenvalue weighted by Gasteiger charge is -1.96. The van der Waals surface area contributed by atoms with Crippen molar-refractivity contribution in [1.82, 2.24) is 9.78 Å². The van der Waals surface area contributed by atoms with Gasteiger partial charge in [0.2, 0.25) is 5.78 Å². The largest absolute Gasteiger partial charge is 0.461 e. The molecule has 2 aromatic heterocycles. The number of Topliss-reactive ketones (excluding diaryl/α,β-unsaturated/α-hetero) is 1. The third kappa shape index (κ3) is 2.05. The van der Waals surface area contributed by atoms with Gasteiger partial charge in [0.25, 0.3) is 0 Å². The number of hydrogen-bond acceptors (Lipinski definition) is 3. The van der Waals surface area contributed by atoms with Gasteiger partial charge in [-0.2, -0.15) is 5.10 Å². The van der Waals surface area contributed by atoms with Crippen LogP contribution in [-0.4, -0.2) is 15.6 Å². The van der Waals surface area contributed by atoms with Gasteiger partial charge in [-0.15, -0.1) is 0 Å². The first-order chi connectivity index (χ1) is 7.70. The Hall–Kier alpha value is -1.84. The van der Waals surface area contributed by atoms with Gasteiger partial charge in [-0.3, -0.25) is 9.48 Å². The Morgan fingerprint density at radius 1 is 1.56 bits per heavy atom. The molecule has 0 amide bonds. The van der Waals surface area contributed by atoms with Crippen molar-refractivity contribution in [2.24, 2.45) is 0 Å². The molecule has 0 N–H and O–H groups in total. The summed E-state index contributed by atoms with van der Waals surface area (Å²) in [4.78, 5) is 11.9. The second-order valence-corrected chi connectivity index (χ2v) is 3.74. The average molecular weight is 218 g/mol. The van der Waals surface area contributed by atoms with E-state index in [1.165, 1.54) is 6.26 Å². The maximum absolute atomic E-state index is 11.9. The number of rotatable bonds is 4. The van der Waals surface area contributed by atoms with Gasteiger partial charge in [0.05, 0.1) is 12.5 Å². The second-order valence-electron chi connectivity index (χ2n) is 3.74. The Labute approximate surface area is 93.9 Å². The van der Waals surface area contributed by atoms with E-state index >= 15 is 0 Å². The van der Waals surface area contributed by atoms with Gasteiger partial charge in [0, 0.05) is 19.2 Å². The van der Waals surface area contributed by atoms with Crippen LogP contribution in [0.2, 0.25) is 0 Å². The van der Waals surface area contributed by atoms with Crippen LogP contribution in [0.1, 0.15) is 28.6 Å². The highest BCUT2D eigenvalue weighted by atomic mass is 16.3. The van der Waals surface area contributed by atoms with Crippen LogP contribution >= 0.6 is 0 Å². The number of nitrogens with zero attached hydrogens (tertiary/aromatic N) is 2. The fourth-order valence-corrected chi connectivity index (χ4v) is 1.59. The van der Waals surface area contributed by atoms with E-state index in [2.05, 4.69) is 5.10 Å². The first kappa shape index (κ1) is 10.7. The smallest absolute Gasteiger partial charge is 0.202 e. The molecule has 0 unspecified atom stereocenters. The average Bonchev–Trinajstić information content (AvgIpc) is 2.86. The summed E-state index contributed by atoms with van der Waals surface area (Å²) in [6, 6.07) is 1.79. The summed E-state index contributed by atoms with van der Waals surface area (Å²) in [6.07, 6.45) is 5.49. The minimum Gasteiger partial charge on any atom is -0.461 e. The van der Waals surface area contributed by atoms with Crippen molar-refractivity contribution in [2.75, 3.05) is 0 Å². The number of furan rings is 1. The molecule has 0 spiro atoms. The van der Waals surface area contributed by atoms with Crippen LogP contribution in [-0.2, 0) is 13.0 Å². The summed E-state index contributed by atoms with van der Waals surface area (Å²) in [6.45, 7) is 4.69. The third-order valence-electron chi connectivity index (χ3n) is 2.49. The van der Waals surface area contributed by atoms with Crippen LogP contribution in [0.15, 0.2) is 29.1 Å². The molecule has 2 rings (SSSR count). The highest BCUT2D eigenvalue weighted by molar-refractivity contribution is 5.96. The summed E-state index contributed by atoms with van der Waals surface area (Å²) in [7, 11) is 0. The molecule has 0 aliphatic heterocycles.